The molecule has 9 heteroatoms. The molecule has 2 atom stereocenters. The van der Waals surface area contributed by atoms with Crippen LogP contribution >= 0.6 is 0 Å². The number of hydrogen-bond donors (Lipinski definition) is 0. The van der Waals surface area contributed by atoms with Gasteiger partial charge >= 0.3 is 6.11 Å². The molecule has 0 radical (unpaired) electrons. The summed E-state index contributed by atoms with van der Waals surface area (Å²) in [6.45, 7) is 4.18. The lowest BCUT2D eigenvalue weighted by Gasteiger charge is -2.29. The number of rotatable bonds is 10. The third-order valence-corrected chi connectivity index (χ3v) is 5.86. The van der Waals surface area contributed by atoms with Crippen molar-refractivity contribution in [3.05, 3.63) is 58.7 Å². The molecule has 2 aromatic rings. The highest BCUT2D eigenvalue weighted by Gasteiger charge is 2.35. The van der Waals surface area contributed by atoms with E-state index in [0.29, 0.717) is 18.9 Å². The molecule has 0 aliphatic carbocycles. The Labute approximate surface area is 195 Å². The van der Waals surface area contributed by atoms with Crippen LogP contribution in [0.5, 0.6) is 11.5 Å². The van der Waals surface area contributed by atoms with E-state index in [-0.39, 0.29) is 23.5 Å². The van der Waals surface area contributed by atoms with Gasteiger partial charge in [0.05, 0.1) is 25.7 Å². The van der Waals surface area contributed by atoms with Crippen LogP contribution in [0.2, 0.25) is 0 Å². The molecule has 1 aliphatic heterocycles. The van der Waals surface area contributed by atoms with Gasteiger partial charge in [-0.3, -0.25) is 0 Å². The Morgan fingerprint density at radius 3 is 2.26 bits per heavy atom. The second kappa shape index (κ2) is 11.3. The quantitative estimate of drug-likeness (QED) is 0.323. The first-order valence-electron chi connectivity index (χ1n) is 11.4. The van der Waals surface area contributed by atoms with Crippen LogP contribution in [0.4, 0.5) is 26.3 Å². The van der Waals surface area contributed by atoms with Gasteiger partial charge in [-0.25, -0.2) is 8.78 Å². The van der Waals surface area contributed by atoms with Crippen LogP contribution in [-0.4, -0.2) is 19.3 Å². The fraction of sp³-hybridized carbons (Fsp3) is 0.520. The van der Waals surface area contributed by atoms with Crippen LogP contribution in [0.1, 0.15) is 63.2 Å². The highest BCUT2D eigenvalue weighted by molar-refractivity contribution is 5.33. The van der Waals surface area contributed by atoms with E-state index in [1.807, 2.05) is 0 Å². The van der Waals surface area contributed by atoms with Gasteiger partial charge in [-0.2, -0.15) is 17.6 Å². The molecule has 1 fully saturated rings. The van der Waals surface area contributed by atoms with Crippen LogP contribution < -0.4 is 9.47 Å². The van der Waals surface area contributed by atoms with Gasteiger partial charge in [-0.1, -0.05) is 19.4 Å². The van der Waals surface area contributed by atoms with Crippen LogP contribution in [0.15, 0.2) is 24.3 Å². The van der Waals surface area contributed by atoms with Crippen molar-refractivity contribution in [2.24, 2.45) is 5.92 Å². The Morgan fingerprint density at radius 1 is 0.912 bits per heavy atom. The standard InChI is InChI=1S/C25H28F6O3/c1-3-5-15-6-9-18(33-14-15)17-8-11-20(24(29)22(17)27)34-25(30,31)13-12-16-7-10-19(32-4-2)23(28)21(16)26/h7-8,10-11,15,18H,3-6,9,12-14H2,1-2H3. The lowest BCUT2D eigenvalue weighted by Crippen LogP contribution is -2.26. The molecule has 0 spiro atoms. The number of benzene rings is 2. The summed E-state index contributed by atoms with van der Waals surface area (Å²) in [5.41, 5.74) is -0.364. The summed E-state index contributed by atoms with van der Waals surface area (Å²) < 4.78 is 101. The smallest absolute Gasteiger partial charge is 0.398 e. The minimum atomic E-state index is -3.95. The average molecular weight is 490 g/mol. The fourth-order valence-electron chi connectivity index (χ4n) is 4.09. The van der Waals surface area contributed by atoms with E-state index in [9.17, 15) is 26.3 Å². The van der Waals surface area contributed by atoms with E-state index in [1.165, 1.54) is 6.07 Å². The molecule has 0 aromatic heterocycles. The second-order valence-corrected chi connectivity index (χ2v) is 8.36. The van der Waals surface area contributed by atoms with E-state index in [2.05, 4.69) is 11.7 Å². The van der Waals surface area contributed by atoms with Gasteiger partial charge in [0.1, 0.15) is 0 Å². The third-order valence-electron chi connectivity index (χ3n) is 5.86. The van der Waals surface area contributed by atoms with Crippen molar-refractivity contribution in [1.29, 1.82) is 0 Å². The Balaban J connectivity index is 1.65. The summed E-state index contributed by atoms with van der Waals surface area (Å²) in [5, 5.41) is 0. The molecule has 34 heavy (non-hydrogen) atoms. The first kappa shape index (κ1) is 26.2. The summed E-state index contributed by atoms with van der Waals surface area (Å²) in [7, 11) is 0. The second-order valence-electron chi connectivity index (χ2n) is 8.36. The predicted molar refractivity (Wildman–Crippen MR) is 114 cm³/mol. The number of halogens is 6. The van der Waals surface area contributed by atoms with Gasteiger partial charge in [0.15, 0.2) is 23.1 Å². The number of alkyl halides is 2. The molecule has 1 heterocycles. The molecule has 0 saturated carbocycles. The van der Waals surface area contributed by atoms with Crippen LogP contribution in [-0.2, 0) is 11.2 Å². The number of aryl methyl sites for hydroxylation is 1. The number of ether oxygens (including phenoxy) is 3. The molecule has 0 N–H and O–H groups in total. The molecule has 2 aromatic carbocycles. The first-order valence-corrected chi connectivity index (χ1v) is 11.4. The average Bonchev–Trinajstić information content (AvgIpc) is 2.81. The highest BCUT2D eigenvalue weighted by Crippen LogP contribution is 2.37. The molecule has 1 aliphatic rings. The monoisotopic (exact) mass is 490 g/mol. The van der Waals surface area contributed by atoms with E-state index >= 15 is 0 Å². The van der Waals surface area contributed by atoms with Crippen molar-refractivity contribution in [1.82, 2.24) is 0 Å². The number of hydrogen-bond acceptors (Lipinski definition) is 3. The molecular formula is C25H28F6O3. The normalized spacial score (nSPS) is 18.7. The van der Waals surface area contributed by atoms with Crippen molar-refractivity contribution in [2.45, 2.75) is 64.6 Å². The van der Waals surface area contributed by atoms with E-state index in [0.717, 1.165) is 37.5 Å². The minimum absolute atomic E-state index is 0.0463. The molecule has 3 nitrogen and oxygen atoms in total. The van der Waals surface area contributed by atoms with Crippen molar-refractivity contribution < 1.29 is 40.6 Å². The third kappa shape index (κ3) is 6.17. The molecular weight excluding hydrogens is 462 g/mol. The maximum absolute atomic E-state index is 14.6. The Bertz CT molecular complexity index is 974. The highest BCUT2D eigenvalue weighted by atomic mass is 19.3. The summed E-state index contributed by atoms with van der Waals surface area (Å²) in [5.74, 6) is -6.36. The maximum atomic E-state index is 14.6. The zero-order chi connectivity index (χ0) is 24.9. The van der Waals surface area contributed by atoms with Crippen molar-refractivity contribution in [3.63, 3.8) is 0 Å². The lowest BCUT2D eigenvalue weighted by molar-refractivity contribution is -0.181. The molecule has 3 rings (SSSR count). The van der Waals surface area contributed by atoms with Crippen LogP contribution in [0.25, 0.3) is 0 Å². The minimum Gasteiger partial charge on any atom is -0.491 e. The van der Waals surface area contributed by atoms with Gasteiger partial charge in [-0.05, 0) is 62.3 Å². The zero-order valence-electron chi connectivity index (χ0n) is 19.1. The largest absolute Gasteiger partial charge is 0.491 e. The van der Waals surface area contributed by atoms with Gasteiger partial charge in [0, 0.05) is 5.56 Å². The van der Waals surface area contributed by atoms with Gasteiger partial charge in [0.2, 0.25) is 11.6 Å². The predicted octanol–water partition coefficient (Wildman–Crippen LogP) is 7.51. The van der Waals surface area contributed by atoms with Gasteiger partial charge < -0.3 is 14.2 Å². The van der Waals surface area contributed by atoms with E-state index in [1.54, 1.807) is 6.92 Å². The van der Waals surface area contributed by atoms with Crippen LogP contribution in [0, 0.1) is 29.2 Å². The first-order chi connectivity index (χ1) is 16.2. The summed E-state index contributed by atoms with van der Waals surface area (Å²) in [4.78, 5) is 0. The molecule has 2 unspecified atom stereocenters. The van der Waals surface area contributed by atoms with Gasteiger partial charge in [0.25, 0.3) is 0 Å². The van der Waals surface area contributed by atoms with Crippen molar-refractivity contribution in [3.8, 4) is 11.5 Å². The molecule has 188 valence electrons. The Morgan fingerprint density at radius 2 is 1.62 bits per heavy atom. The van der Waals surface area contributed by atoms with E-state index in [4.69, 9.17) is 9.47 Å². The molecule has 1 saturated heterocycles. The lowest BCUT2D eigenvalue weighted by atomic mass is 9.91. The zero-order valence-corrected chi connectivity index (χ0v) is 19.1. The summed E-state index contributed by atoms with van der Waals surface area (Å²) in [6.07, 6.45) is -3.00. The van der Waals surface area contributed by atoms with Crippen LogP contribution in [0.3, 0.4) is 0 Å². The maximum Gasteiger partial charge on any atom is 0.398 e. The van der Waals surface area contributed by atoms with Crippen molar-refractivity contribution >= 4 is 0 Å². The SMILES string of the molecule is CCCC1CCC(c2ccc(OC(F)(F)CCc3ccc(OCC)c(F)c3F)c(F)c2F)OC1. The van der Waals surface area contributed by atoms with E-state index < -0.39 is 54.1 Å². The van der Waals surface area contributed by atoms with Gasteiger partial charge in [-0.15, -0.1) is 0 Å². The fourth-order valence-corrected chi connectivity index (χ4v) is 4.09. The molecule has 0 bridgehead atoms. The summed E-state index contributed by atoms with van der Waals surface area (Å²) >= 11 is 0. The molecule has 0 amide bonds. The van der Waals surface area contributed by atoms with Crippen molar-refractivity contribution in [2.75, 3.05) is 13.2 Å². The Kier molecular flexibility index (Phi) is 8.73. The Hall–Kier alpha value is -2.42. The summed E-state index contributed by atoms with van der Waals surface area (Å²) in [6, 6.07) is 4.38. The topological polar surface area (TPSA) is 27.7 Å².